The molecule has 1 unspecified atom stereocenters. The molecule has 0 aromatic heterocycles. The van der Waals surface area contributed by atoms with Crippen LogP contribution in [0, 0.1) is 5.92 Å². The van der Waals surface area contributed by atoms with Gasteiger partial charge in [0.1, 0.15) is 5.75 Å². The van der Waals surface area contributed by atoms with Gasteiger partial charge in [-0.2, -0.15) is 0 Å². The van der Waals surface area contributed by atoms with Crippen LogP contribution in [0.4, 0.5) is 0 Å². The Morgan fingerprint density at radius 3 is 2.41 bits per heavy atom. The van der Waals surface area contributed by atoms with E-state index in [0.717, 1.165) is 37.9 Å². The van der Waals surface area contributed by atoms with E-state index in [1.807, 2.05) is 25.2 Å². The van der Waals surface area contributed by atoms with Crippen molar-refractivity contribution in [2.24, 2.45) is 10.9 Å². The predicted octanol–water partition coefficient (Wildman–Crippen LogP) is 3.83. The summed E-state index contributed by atoms with van der Waals surface area (Å²) in [4.78, 5) is 6.94. The van der Waals surface area contributed by atoms with Crippen LogP contribution in [0.25, 0.3) is 0 Å². The van der Waals surface area contributed by atoms with E-state index in [4.69, 9.17) is 4.74 Å². The van der Waals surface area contributed by atoms with Crippen molar-refractivity contribution in [3.63, 3.8) is 0 Å². The van der Waals surface area contributed by atoms with Gasteiger partial charge in [-0.15, -0.1) is 0 Å². The maximum atomic E-state index is 5.24. The molecular weight excluding hydrogens is 360 g/mol. The maximum absolute atomic E-state index is 5.24. The topological polar surface area (TPSA) is 48.9 Å². The Morgan fingerprint density at radius 2 is 1.79 bits per heavy atom. The van der Waals surface area contributed by atoms with Crippen LogP contribution in [0.2, 0.25) is 0 Å². The lowest BCUT2D eigenvalue weighted by atomic mass is 9.96. The summed E-state index contributed by atoms with van der Waals surface area (Å²) in [5.41, 5.74) is 2.61. The fourth-order valence-electron chi connectivity index (χ4n) is 3.80. The molecule has 1 aliphatic heterocycles. The molecule has 2 aromatic carbocycles. The fourth-order valence-corrected chi connectivity index (χ4v) is 3.80. The highest BCUT2D eigenvalue weighted by atomic mass is 16.5. The first-order chi connectivity index (χ1) is 14.2. The average molecular weight is 395 g/mol. The minimum Gasteiger partial charge on any atom is -0.497 e. The SMILES string of the molecule is CN=C(NCC1CCN(Cc2ccc(OC)cc2)CC1)NC(C)c1ccccc1. The Kier molecular flexibility index (Phi) is 7.94. The highest BCUT2D eigenvalue weighted by Gasteiger charge is 2.19. The molecule has 156 valence electrons. The standard InChI is InChI=1S/C24H34N4O/c1-19(22-7-5-4-6-8-22)27-24(25-2)26-17-20-13-15-28(16-14-20)18-21-9-11-23(29-3)12-10-21/h4-12,19-20H,13-18H2,1-3H3,(H2,25,26,27). The molecule has 0 aliphatic carbocycles. The first kappa shape index (κ1) is 21.2. The molecule has 1 fully saturated rings. The molecule has 0 bridgehead atoms. The van der Waals surface area contributed by atoms with Crippen LogP contribution in [0.1, 0.15) is 36.9 Å². The Bertz CT molecular complexity index is 752. The largest absolute Gasteiger partial charge is 0.497 e. The number of nitrogens with zero attached hydrogens (tertiary/aromatic N) is 2. The van der Waals surface area contributed by atoms with Gasteiger partial charge in [-0.25, -0.2) is 0 Å². The zero-order valence-electron chi connectivity index (χ0n) is 17.9. The summed E-state index contributed by atoms with van der Waals surface area (Å²) in [6.07, 6.45) is 2.43. The maximum Gasteiger partial charge on any atom is 0.191 e. The van der Waals surface area contributed by atoms with Crippen molar-refractivity contribution in [1.82, 2.24) is 15.5 Å². The number of rotatable bonds is 7. The number of ether oxygens (including phenoxy) is 1. The summed E-state index contributed by atoms with van der Waals surface area (Å²) in [7, 11) is 3.55. The average Bonchev–Trinajstić information content (AvgIpc) is 2.78. The summed E-state index contributed by atoms with van der Waals surface area (Å²) >= 11 is 0. The van der Waals surface area contributed by atoms with Crippen molar-refractivity contribution in [3.05, 3.63) is 65.7 Å². The van der Waals surface area contributed by atoms with E-state index in [1.54, 1.807) is 7.11 Å². The molecule has 29 heavy (non-hydrogen) atoms. The third-order valence-electron chi connectivity index (χ3n) is 5.71. The van der Waals surface area contributed by atoms with Crippen molar-refractivity contribution in [2.45, 2.75) is 32.4 Å². The third-order valence-corrected chi connectivity index (χ3v) is 5.71. The van der Waals surface area contributed by atoms with E-state index in [0.29, 0.717) is 5.92 Å². The second kappa shape index (κ2) is 10.9. The van der Waals surface area contributed by atoms with Gasteiger partial charge in [0.15, 0.2) is 5.96 Å². The fraction of sp³-hybridized carbons (Fsp3) is 0.458. The lowest BCUT2D eigenvalue weighted by Crippen LogP contribution is -2.43. The number of piperidine rings is 1. The van der Waals surface area contributed by atoms with E-state index in [2.05, 4.69) is 63.8 Å². The molecule has 5 heteroatoms. The summed E-state index contributed by atoms with van der Waals surface area (Å²) in [5, 5.41) is 7.01. The molecule has 1 saturated heterocycles. The number of benzene rings is 2. The lowest BCUT2D eigenvalue weighted by molar-refractivity contribution is 0.178. The Labute approximate surface area is 175 Å². The van der Waals surface area contributed by atoms with Gasteiger partial charge in [-0.1, -0.05) is 42.5 Å². The minimum absolute atomic E-state index is 0.230. The third kappa shape index (κ3) is 6.50. The molecule has 3 rings (SSSR count). The zero-order chi connectivity index (χ0) is 20.5. The van der Waals surface area contributed by atoms with Gasteiger partial charge in [0.2, 0.25) is 0 Å². The van der Waals surface area contributed by atoms with Crippen molar-refractivity contribution < 1.29 is 4.74 Å². The lowest BCUT2D eigenvalue weighted by Gasteiger charge is -2.32. The highest BCUT2D eigenvalue weighted by molar-refractivity contribution is 5.80. The smallest absolute Gasteiger partial charge is 0.191 e. The molecule has 0 amide bonds. The van der Waals surface area contributed by atoms with Crippen LogP contribution in [0.15, 0.2) is 59.6 Å². The predicted molar refractivity (Wildman–Crippen MR) is 120 cm³/mol. The summed E-state index contributed by atoms with van der Waals surface area (Å²) < 4.78 is 5.24. The summed E-state index contributed by atoms with van der Waals surface area (Å²) in [6, 6.07) is 19.1. The monoisotopic (exact) mass is 394 g/mol. The van der Waals surface area contributed by atoms with Gasteiger partial charge >= 0.3 is 0 Å². The van der Waals surface area contributed by atoms with Crippen molar-refractivity contribution in [3.8, 4) is 5.75 Å². The summed E-state index contributed by atoms with van der Waals surface area (Å²) in [5.74, 6) is 2.48. The molecule has 2 aromatic rings. The number of hydrogen-bond acceptors (Lipinski definition) is 3. The molecule has 1 atom stereocenters. The molecule has 1 heterocycles. The molecular formula is C24H34N4O. The van der Waals surface area contributed by atoms with Crippen molar-refractivity contribution >= 4 is 5.96 Å². The van der Waals surface area contributed by atoms with Crippen molar-refractivity contribution in [2.75, 3.05) is 33.8 Å². The van der Waals surface area contributed by atoms with Crippen molar-refractivity contribution in [1.29, 1.82) is 0 Å². The summed E-state index contributed by atoms with van der Waals surface area (Å²) in [6.45, 7) is 6.44. The molecule has 0 spiro atoms. The Hall–Kier alpha value is -2.53. The zero-order valence-corrected chi connectivity index (χ0v) is 17.9. The molecule has 0 radical (unpaired) electrons. The van der Waals surface area contributed by atoms with Gasteiger partial charge in [0.25, 0.3) is 0 Å². The van der Waals surface area contributed by atoms with Crippen LogP contribution in [0.3, 0.4) is 0 Å². The van der Waals surface area contributed by atoms with Crippen LogP contribution < -0.4 is 15.4 Å². The number of guanidine groups is 1. The van der Waals surface area contributed by atoms with Crippen LogP contribution in [-0.2, 0) is 6.54 Å². The van der Waals surface area contributed by atoms with Gasteiger partial charge in [-0.3, -0.25) is 9.89 Å². The number of likely N-dealkylation sites (tertiary alicyclic amines) is 1. The van der Waals surface area contributed by atoms with Gasteiger partial charge in [0.05, 0.1) is 13.2 Å². The number of aliphatic imine (C=N–C) groups is 1. The first-order valence-electron chi connectivity index (χ1n) is 10.6. The van der Waals surface area contributed by atoms with E-state index in [1.165, 1.54) is 24.0 Å². The molecule has 0 saturated carbocycles. The van der Waals surface area contributed by atoms with Crippen LogP contribution in [-0.4, -0.2) is 44.7 Å². The van der Waals surface area contributed by atoms with Gasteiger partial charge in [-0.05, 0) is 62.0 Å². The molecule has 1 aliphatic rings. The normalized spacial score (nSPS) is 17.0. The highest BCUT2D eigenvalue weighted by Crippen LogP contribution is 2.20. The number of hydrogen-bond donors (Lipinski definition) is 2. The Morgan fingerprint density at radius 1 is 1.10 bits per heavy atom. The minimum atomic E-state index is 0.230. The first-order valence-corrected chi connectivity index (χ1v) is 10.6. The second-order valence-electron chi connectivity index (χ2n) is 7.80. The quantitative estimate of drug-likeness (QED) is 0.553. The van der Waals surface area contributed by atoms with E-state index < -0.39 is 0 Å². The number of methoxy groups -OCH3 is 1. The van der Waals surface area contributed by atoms with E-state index in [9.17, 15) is 0 Å². The van der Waals surface area contributed by atoms with Gasteiger partial charge < -0.3 is 15.4 Å². The van der Waals surface area contributed by atoms with Crippen LogP contribution in [0.5, 0.6) is 5.75 Å². The number of nitrogens with one attached hydrogen (secondary N) is 2. The second-order valence-corrected chi connectivity index (χ2v) is 7.80. The Balaban J connectivity index is 1.39. The van der Waals surface area contributed by atoms with Crippen LogP contribution >= 0.6 is 0 Å². The van der Waals surface area contributed by atoms with E-state index in [-0.39, 0.29) is 6.04 Å². The molecule has 5 nitrogen and oxygen atoms in total. The molecule has 2 N–H and O–H groups in total. The van der Waals surface area contributed by atoms with E-state index >= 15 is 0 Å². The van der Waals surface area contributed by atoms with Gasteiger partial charge in [0, 0.05) is 20.1 Å².